The second kappa shape index (κ2) is 9.40. The van der Waals surface area contributed by atoms with Crippen LogP contribution in [0.25, 0.3) is 0 Å². The first-order chi connectivity index (χ1) is 11.0. The summed E-state index contributed by atoms with van der Waals surface area (Å²) in [5.41, 5.74) is 0. The maximum atomic E-state index is 11.6. The normalized spacial score (nSPS) is 34.1. The summed E-state index contributed by atoms with van der Waals surface area (Å²) < 4.78 is 32.8. The van der Waals surface area contributed by atoms with Crippen LogP contribution < -0.4 is 0 Å². The molecular weight excluding hydrogens is 373 g/mol. The lowest BCUT2D eigenvalue weighted by molar-refractivity contribution is -0.000352. The van der Waals surface area contributed by atoms with Crippen molar-refractivity contribution in [3.05, 3.63) is 11.9 Å². The molecule has 0 aromatic rings. The van der Waals surface area contributed by atoms with Gasteiger partial charge in [-0.25, -0.2) is 0 Å². The van der Waals surface area contributed by atoms with E-state index in [1.165, 1.54) is 7.11 Å². The molecule has 1 saturated carbocycles. The zero-order valence-electron chi connectivity index (χ0n) is 14.7. The highest BCUT2D eigenvalue weighted by Crippen LogP contribution is 2.53. The largest absolute Gasteiger partial charge is 0.379 e. The van der Waals surface area contributed by atoms with Crippen LogP contribution in [0.1, 0.15) is 26.7 Å². The van der Waals surface area contributed by atoms with E-state index in [0.717, 1.165) is 5.82 Å². The zero-order chi connectivity index (χ0) is 18.5. The molecule has 4 unspecified atom stereocenters. The molecule has 0 heterocycles. The van der Waals surface area contributed by atoms with Gasteiger partial charge in [0.2, 0.25) is 0 Å². The van der Waals surface area contributed by atoms with Crippen LogP contribution in [0.2, 0.25) is 5.82 Å². The fourth-order valence-corrected chi connectivity index (χ4v) is 5.26. The molecule has 0 aromatic carbocycles. The Kier molecular flexibility index (Phi) is 8.81. The quantitative estimate of drug-likeness (QED) is 0.450. The minimum absolute atomic E-state index is 0.133. The Balaban J connectivity index is 2.95. The van der Waals surface area contributed by atoms with Crippen molar-refractivity contribution >= 4 is 34.0 Å². The third kappa shape index (κ3) is 6.63. The average Bonchev–Trinajstić information content (AvgIpc) is 2.79. The SMILES string of the molecule is BC1C[C@H](/C=C/P(=O)(O)OC)[C@@H](OP(O)(=S)OC(C)CC)[C@H]1OC. The van der Waals surface area contributed by atoms with Gasteiger partial charge in [-0.3, -0.25) is 4.57 Å². The van der Waals surface area contributed by atoms with Gasteiger partial charge in [0.15, 0.2) is 0 Å². The lowest BCUT2D eigenvalue weighted by Crippen LogP contribution is -2.31. The van der Waals surface area contributed by atoms with Gasteiger partial charge in [-0.2, -0.15) is 0 Å². The van der Waals surface area contributed by atoms with Crippen LogP contribution in [-0.4, -0.2) is 50.2 Å². The molecule has 11 heteroatoms. The van der Waals surface area contributed by atoms with Crippen molar-refractivity contribution in [3.8, 4) is 0 Å². The molecule has 7 nitrogen and oxygen atoms in total. The molecular formula is C13H27BO7P2S. The Morgan fingerprint density at radius 1 is 1.38 bits per heavy atom. The first kappa shape index (κ1) is 22.5. The van der Waals surface area contributed by atoms with Gasteiger partial charge in [0.1, 0.15) is 7.85 Å². The molecule has 0 amide bonds. The summed E-state index contributed by atoms with van der Waals surface area (Å²) in [6.07, 6.45) is 1.86. The van der Waals surface area contributed by atoms with Gasteiger partial charge in [-0.05, 0) is 37.4 Å². The summed E-state index contributed by atoms with van der Waals surface area (Å²) in [5.74, 6) is 1.03. The maximum Gasteiger partial charge on any atom is 0.351 e. The van der Waals surface area contributed by atoms with Crippen LogP contribution in [0.4, 0.5) is 0 Å². The summed E-state index contributed by atoms with van der Waals surface area (Å²) >= 11 is 5.11. The third-order valence-electron chi connectivity index (χ3n) is 4.15. The van der Waals surface area contributed by atoms with Crippen LogP contribution in [0.3, 0.4) is 0 Å². The molecule has 140 valence electrons. The molecule has 24 heavy (non-hydrogen) atoms. The molecule has 1 aliphatic carbocycles. The van der Waals surface area contributed by atoms with Crippen molar-refractivity contribution in [3.63, 3.8) is 0 Å². The Hall–Kier alpha value is 0.445. The topological polar surface area (TPSA) is 94.5 Å². The van der Waals surface area contributed by atoms with E-state index in [0.29, 0.717) is 12.8 Å². The highest BCUT2D eigenvalue weighted by molar-refractivity contribution is 8.07. The predicted molar refractivity (Wildman–Crippen MR) is 99.4 cm³/mol. The van der Waals surface area contributed by atoms with E-state index >= 15 is 0 Å². The lowest BCUT2D eigenvalue weighted by atomic mass is 9.83. The van der Waals surface area contributed by atoms with Crippen LogP contribution in [0, 0.1) is 5.92 Å². The zero-order valence-corrected chi connectivity index (χ0v) is 17.3. The molecule has 0 aromatic heterocycles. The van der Waals surface area contributed by atoms with Crippen molar-refractivity contribution in [1.29, 1.82) is 0 Å². The van der Waals surface area contributed by atoms with Crippen molar-refractivity contribution in [2.24, 2.45) is 5.92 Å². The van der Waals surface area contributed by atoms with Crippen LogP contribution in [0.5, 0.6) is 0 Å². The number of ether oxygens (including phenoxy) is 1. The van der Waals surface area contributed by atoms with E-state index in [9.17, 15) is 14.4 Å². The van der Waals surface area contributed by atoms with Gasteiger partial charge in [0.25, 0.3) is 0 Å². The van der Waals surface area contributed by atoms with Gasteiger partial charge >= 0.3 is 14.3 Å². The van der Waals surface area contributed by atoms with Gasteiger partial charge < -0.3 is 28.1 Å². The number of rotatable bonds is 9. The second-order valence-corrected chi connectivity index (χ2v) is 10.6. The molecule has 0 spiro atoms. The number of hydrogen-bond donors (Lipinski definition) is 2. The van der Waals surface area contributed by atoms with Gasteiger partial charge in [0.05, 0.1) is 18.3 Å². The molecule has 1 fully saturated rings. The van der Waals surface area contributed by atoms with E-state index < -0.39 is 20.4 Å². The van der Waals surface area contributed by atoms with E-state index in [2.05, 4.69) is 4.52 Å². The molecule has 0 bridgehead atoms. The van der Waals surface area contributed by atoms with Gasteiger partial charge in [0, 0.05) is 26.0 Å². The Morgan fingerprint density at radius 2 is 2.00 bits per heavy atom. The number of hydrogen-bond acceptors (Lipinski definition) is 6. The van der Waals surface area contributed by atoms with Crippen LogP contribution in [0.15, 0.2) is 11.9 Å². The van der Waals surface area contributed by atoms with E-state index in [1.807, 2.05) is 21.7 Å². The Labute approximate surface area is 149 Å². The fourth-order valence-electron chi connectivity index (χ4n) is 2.72. The molecule has 1 aliphatic rings. The van der Waals surface area contributed by atoms with E-state index in [-0.39, 0.29) is 23.9 Å². The summed E-state index contributed by atoms with van der Waals surface area (Å²) in [6.45, 7) is 0.287. The molecule has 1 rings (SSSR count). The van der Waals surface area contributed by atoms with Gasteiger partial charge in [-0.1, -0.05) is 13.0 Å². The van der Waals surface area contributed by atoms with Crippen molar-refractivity contribution in [2.45, 2.75) is 50.8 Å². The van der Waals surface area contributed by atoms with E-state index in [4.69, 9.17) is 25.6 Å². The van der Waals surface area contributed by atoms with Crippen molar-refractivity contribution in [1.82, 2.24) is 0 Å². The first-order valence-corrected chi connectivity index (χ1v) is 12.1. The highest BCUT2D eigenvalue weighted by atomic mass is 32.5. The predicted octanol–water partition coefficient (Wildman–Crippen LogP) is 2.21. The molecule has 0 radical (unpaired) electrons. The number of methoxy groups -OCH3 is 1. The molecule has 7 atom stereocenters. The van der Waals surface area contributed by atoms with Crippen molar-refractivity contribution in [2.75, 3.05) is 14.2 Å². The van der Waals surface area contributed by atoms with Crippen molar-refractivity contribution < 1.29 is 32.7 Å². The summed E-state index contributed by atoms with van der Waals surface area (Å²) in [5, 5.41) is 0. The summed E-state index contributed by atoms with van der Waals surface area (Å²) in [6, 6.07) is 0. The summed E-state index contributed by atoms with van der Waals surface area (Å²) in [7, 11) is 0.953. The highest BCUT2D eigenvalue weighted by Gasteiger charge is 2.44. The average molecular weight is 400 g/mol. The molecule has 0 saturated heterocycles. The Morgan fingerprint density at radius 3 is 2.50 bits per heavy atom. The van der Waals surface area contributed by atoms with Crippen LogP contribution in [-0.2, 0) is 34.7 Å². The Bertz CT molecular complexity index is 532. The fraction of sp³-hybridized carbons (Fsp3) is 0.846. The third-order valence-corrected chi connectivity index (χ3v) is 6.87. The standard InChI is InChI=1S/C13H27BO7P2S/c1-5-9(2)20-23(17,24)21-12-10(6-7-22(15,16)19-4)8-11(14)13(12)18-3/h6-7,9-13H,5,8,14H2,1-4H3,(H,15,16)(H,17,24)/b7-6+/t9?,10-,11?,12+,13-,23?/m0/s1. The smallest absolute Gasteiger partial charge is 0.351 e. The summed E-state index contributed by atoms with van der Waals surface area (Å²) in [4.78, 5) is 19.9. The minimum atomic E-state index is -3.77. The first-order valence-electron chi connectivity index (χ1n) is 7.85. The molecule has 0 aliphatic heterocycles. The second-order valence-electron chi connectivity index (χ2n) is 6.03. The van der Waals surface area contributed by atoms with Gasteiger partial charge in [-0.15, -0.1) is 0 Å². The van der Waals surface area contributed by atoms with E-state index in [1.54, 1.807) is 13.2 Å². The monoisotopic (exact) mass is 400 g/mol. The minimum Gasteiger partial charge on any atom is -0.379 e. The lowest BCUT2D eigenvalue weighted by Gasteiger charge is -2.29. The maximum absolute atomic E-state index is 11.6. The van der Waals surface area contributed by atoms with Crippen LogP contribution >= 0.6 is 14.3 Å². The molecule has 2 N–H and O–H groups in total.